The molecule has 0 bridgehead atoms. The van der Waals surface area contributed by atoms with Crippen LogP contribution in [0.25, 0.3) is 22.0 Å². The van der Waals surface area contributed by atoms with Crippen molar-refractivity contribution < 1.29 is 9.53 Å². The summed E-state index contributed by atoms with van der Waals surface area (Å²) in [7, 11) is 1.67. The van der Waals surface area contributed by atoms with Gasteiger partial charge in [0.2, 0.25) is 0 Å². The first-order valence-electron chi connectivity index (χ1n) is 10.8. The van der Waals surface area contributed by atoms with Crippen LogP contribution in [0.15, 0.2) is 48.4 Å². The third-order valence-electron chi connectivity index (χ3n) is 5.99. The second-order valence-electron chi connectivity index (χ2n) is 7.96. The van der Waals surface area contributed by atoms with Gasteiger partial charge in [0, 0.05) is 29.2 Å². The first kappa shape index (κ1) is 21.4. The Morgan fingerprint density at radius 3 is 2.71 bits per heavy atom. The molecule has 1 aromatic carbocycles. The molecule has 0 aliphatic heterocycles. The molecule has 0 spiro atoms. The van der Waals surface area contributed by atoms with E-state index in [1.165, 1.54) is 19.3 Å². The number of rotatable bonds is 7. The van der Waals surface area contributed by atoms with E-state index >= 15 is 0 Å². The zero-order valence-electron chi connectivity index (χ0n) is 18.2. The summed E-state index contributed by atoms with van der Waals surface area (Å²) < 4.78 is 7.62. The van der Waals surface area contributed by atoms with Gasteiger partial charge in [0.15, 0.2) is 0 Å². The Hall–Kier alpha value is -2.86. The Bertz CT molecular complexity index is 1060. The van der Waals surface area contributed by atoms with Crippen LogP contribution < -0.4 is 10.1 Å². The number of ether oxygens (including phenoxy) is 1. The number of hydrogen-bond donors (Lipinski definition) is 1. The highest BCUT2D eigenvalue weighted by molar-refractivity contribution is 7.13. The molecule has 1 aliphatic carbocycles. The Morgan fingerprint density at radius 1 is 1.29 bits per heavy atom. The molecule has 5 nitrogen and oxygen atoms in total. The molecule has 1 aliphatic rings. The summed E-state index contributed by atoms with van der Waals surface area (Å²) in [6.07, 6.45) is 7.74. The monoisotopic (exact) mass is 435 g/mol. The van der Waals surface area contributed by atoms with Crippen LogP contribution in [0.2, 0.25) is 0 Å². The van der Waals surface area contributed by atoms with Crippen LogP contribution in [0.5, 0.6) is 5.75 Å². The Kier molecular flexibility index (Phi) is 6.56. The maximum Gasteiger partial charge on any atom is 0.253 e. The second kappa shape index (κ2) is 9.52. The number of amides is 1. The standard InChI is InChI=1S/C25H29N3O2S/c1-4-14-26-24(29)21-15-23(28(17(21)2)19-8-6-5-7-9-19)22-16-31-25(27-22)18-10-12-20(30-3)13-11-18/h4,10-13,15-16,19H,1,5-9,14H2,2-3H3,(H,26,29). The summed E-state index contributed by atoms with van der Waals surface area (Å²) in [5.74, 6) is 0.774. The lowest BCUT2D eigenvalue weighted by Gasteiger charge is -2.26. The smallest absolute Gasteiger partial charge is 0.253 e. The number of aromatic nitrogens is 2. The fourth-order valence-electron chi connectivity index (χ4n) is 4.38. The van der Waals surface area contributed by atoms with Gasteiger partial charge in [-0.2, -0.15) is 0 Å². The number of nitrogens with zero attached hydrogens (tertiary/aromatic N) is 2. The van der Waals surface area contributed by atoms with Crippen LogP contribution >= 0.6 is 11.3 Å². The van der Waals surface area contributed by atoms with Gasteiger partial charge in [-0.15, -0.1) is 17.9 Å². The van der Waals surface area contributed by atoms with E-state index < -0.39 is 0 Å². The molecule has 4 rings (SSSR count). The number of methoxy groups -OCH3 is 1. The first-order valence-corrected chi connectivity index (χ1v) is 11.7. The number of carbonyl (C=O) groups is 1. The van der Waals surface area contributed by atoms with Crippen LogP contribution in [-0.2, 0) is 0 Å². The van der Waals surface area contributed by atoms with E-state index in [1.54, 1.807) is 24.5 Å². The molecule has 1 saturated carbocycles. The predicted octanol–water partition coefficient (Wildman–Crippen LogP) is 6.02. The van der Waals surface area contributed by atoms with Crippen molar-refractivity contribution in [3.63, 3.8) is 0 Å². The van der Waals surface area contributed by atoms with Crippen molar-refractivity contribution in [2.45, 2.75) is 45.1 Å². The largest absolute Gasteiger partial charge is 0.497 e. The summed E-state index contributed by atoms with van der Waals surface area (Å²) in [5.41, 5.74) is 4.76. The maximum absolute atomic E-state index is 12.8. The van der Waals surface area contributed by atoms with Crippen molar-refractivity contribution in [1.29, 1.82) is 0 Å². The van der Waals surface area contributed by atoms with Crippen LogP contribution in [-0.4, -0.2) is 29.1 Å². The minimum absolute atomic E-state index is 0.0567. The average Bonchev–Trinajstić information content (AvgIpc) is 3.43. The van der Waals surface area contributed by atoms with Crippen molar-refractivity contribution in [3.8, 4) is 27.7 Å². The third-order valence-corrected chi connectivity index (χ3v) is 6.88. The molecule has 1 fully saturated rings. The Morgan fingerprint density at radius 2 is 2.03 bits per heavy atom. The van der Waals surface area contributed by atoms with Gasteiger partial charge in [-0.25, -0.2) is 4.98 Å². The van der Waals surface area contributed by atoms with Crippen LogP contribution in [0, 0.1) is 6.92 Å². The number of benzene rings is 1. The summed E-state index contributed by atoms with van der Waals surface area (Å²) in [6.45, 7) is 6.21. The molecule has 0 unspecified atom stereocenters. The molecule has 2 heterocycles. The number of hydrogen-bond acceptors (Lipinski definition) is 4. The van der Waals surface area contributed by atoms with Crippen molar-refractivity contribution >= 4 is 17.2 Å². The van der Waals surface area contributed by atoms with Crippen LogP contribution in [0.3, 0.4) is 0 Å². The number of thiazole rings is 1. The van der Waals surface area contributed by atoms with E-state index in [4.69, 9.17) is 9.72 Å². The minimum Gasteiger partial charge on any atom is -0.497 e. The van der Waals surface area contributed by atoms with Crippen LogP contribution in [0.1, 0.15) is 54.2 Å². The van der Waals surface area contributed by atoms with Gasteiger partial charge in [0.25, 0.3) is 5.91 Å². The first-order chi connectivity index (χ1) is 15.1. The van der Waals surface area contributed by atoms with Gasteiger partial charge >= 0.3 is 0 Å². The normalized spacial score (nSPS) is 14.4. The molecular formula is C25H29N3O2S. The quantitative estimate of drug-likeness (QED) is 0.462. The highest BCUT2D eigenvalue weighted by atomic mass is 32.1. The lowest BCUT2D eigenvalue weighted by atomic mass is 9.95. The zero-order valence-corrected chi connectivity index (χ0v) is 19.0. The molecule has 2 aromatic heterocycles. The Balaban J connectivity index is 1.73. The van der Waals surface area contributed by atoms with Gasteiger partial charge in [0.05, 0.1) is 24.1 Å². The fourth-order valence-corrected chi connectivity index (χ4v) is 5.20. The van der Waals surface area contributed by atoms with Crippen molar-refractivity contribution in [3.05, 3.63) is 59.6 Å². The van der Waals surface area contributed by atoms with E-state index in [9.17, 15) is 4.79 Å². The van der Waals surface area contributed by atoms with E-state index in [1.807, 2.05) is 30.3 Å². The summed E-state index contributed by atoms with van der Waals surface area (Å²) in [6, 6.07) is 10.4. The third kappa shape index (κ3) is 4.44. The zero-order chi connectivity index (χ0) is 21.8. The van der Waals surface area contributed by atoms with Crippen molar-refractivity contribution in [2.24, 2.45) is 0 Å². The highest BCUT2D eigenvalue weighted by Crippen LogP contribution is 2.38. The molecule has 3 aromatic rings. The maximum atomic E-state index is 12.8. The minimum atomic E-state index is -0.0567. The summed E-state index contributed by atoms with van der Waals surface area (Å²) in [5, 5.41) is 5.98. The number of carbonyl (C=O) groups excluding carboxylic acids is 1. The van der Waals surface area contributed by atoms with Gasteiger partial charge in [0.1, 0.15) is 10.8 Å². The van der Waals surface area contributed by atoms with Gasteiger partial charge in [-0.05, 0) is 50.1 Å². The van der Waals surface area contributed by atoms with Gasteiger partial charge in [-0.1, -0.05) is 25.3 Å². The van der Waals surface area contributed by atoms with E-state index in [0.29, 0.717) is 12.6 Å². The topological polar surface area (TPSA) is 56.1 Å². The average molecular weight is 436 g/mol. The van der Waals surface area contributed by atoms with Crippen molar-refractivity contribution in [1.82, 2.24) is 14.9 Å². The SMILES string of the molecule is C=CCNC(=O)c1cc(-c2csc(-c3ccc(OC)cc3)n2)n(C2CCCCC2)c1C. The summed E-state index contributed by atoms with van der Waals surface area (Å²) >= 11 is 1.62. The molecule has 0 atom stereocenters. The second-order valence-corrected chi connectivity index (χ2v) is 8.81. The molecule has 162 valence electrons. The van der Waals surface area contributed by atoms with E-state index in [2.05, 4.69) is 28.8 Å². The molecule has 0 saturated heterocycles. The predicted molar refractivity (Wildman–Crippen MR) is 127 cm³/mol. The Labute approximate surface area is 187 Å². The van der Waals surface area contributed by atoms with E-state index in [-0.39, 0.29) is 5.91 Å². The van der Waals surface area contributed by atoms with Gasteiger partial charge in [-0.3, -0.25) is 4.79 Å². The van der Waals surface area contributed by atoms with Gasteiger partial charge < -0.3 is 14.6 Å². The lowest BCUT2D eigenvalue weighted by molar-refractivity contribution is 0.0957. The fraction of sp³-hybridized carbons (Fsp3) is 0.360. The lowest BCUT2D eigenvalue weighted by Crippen LogP contribution is -2.24. The molecule has 1 amide bonds. The summed E-state index contributed by atoms with van der Waals surface area (Å²) in [4.78, 5) is 17.7. The van der Waals surface area contributed by atoms with Crippen molar-refractivity contribution in [2.75, 3.05) is 13.7 Å². The highest BCUT2D eigenvalue weighted by Gasteiger charge is 2.25. The molecule has 31 heavy (non-hydrogen) atoms. The number of nitrogens with one attached hydrogen (secondary N) is 1. The molecular weight excluding hydrogens is 406 g/mol. The van der Waals surface area contributed by atoms with E-state index in [0.717, 1.165) is 51.8 Å². The molecule has 0 radical (unpaired) electrons. The van der Waals surface area contributed by atoms with Crippen LogP contribution in [0.4, 0.5) is 0 Å². The molecule has 1 N–H and O–H groups in total. The molecule has 6 heteroatoms.